The highest BCUT2D eigenvalue weighted by atomic mass is 14.3. The van der Waals surface area contributed by atoms with Crippen LogP contribution in [0, 0.1) is 22.7 Å². The lowest BCUT2D eigenvalue weighted by Gasteiger charge is -2.06. The van der Waals surface area contributed by atoms with Crippen molar-refractivity contribution in [2.45, 2.75) is 0 Å². The zero-order valence-electron chi connectivity index (χ0n) is 11.8. The summed E-state index contributed by atoms with van der Waals surface area (Å²) in [5, 5.41) is 18.1. The molecule has 0 amide bonds. The molecule has 2 nitrogen and oxygen atoms in total. The van der Waals surface area contributed by atoms with E-state index in [-0.39, 0.29) is 0 Å². The monoisotopic (exact) mass is 280 g/mol. The standard InChI is InChI=1S/C20H12N2/c21-13-15-10-16(14-22)12-20(11-15)19-8-6-18(7-9-19)17-4-2-1-3-5-17/h1-12H. The highest BCUT2D eigenvalue weighted by Gasteiger charge is 2.04. The van der Waals surface area contributed by atoms with E-state index in [4.69, 9.17) is 10.5 Å². The van der Waals surface area contributed by atoms with Crippen molar-refractivity contribution >= 4 is 0 Å². The summed E-state index contributed by atoms with van der Waals surface area (Å²) < 4.78 is 0. The summed E-state index contributed by atoms with van der Waals surface area (Å²) in [6, 6.07) is 27.7. The van der Waals surface area contributed by atoms with Gasteiger partial charge < -0.3 is 0 Å². The maximum absolute atomic E-state index is 9.06. The van der Waals surface area contributed by atoms with Crippen molar-refractivity contribution in [3.63, 3.8) is 0 Å². The third-order valence-electron chi connectivity index (χ3n) is 3.52. The topological polar surface area (TPSA) is 47.6 Å². The Morgan fingerprint density at radius 1 is 0.500 bits per heavy atom. The highest BCUT2D eigenvalue weighted by Crippen LogP contribution is 2.26. The average molecular weight is 280 g/mol. The van der Waals surface area contributed by atoms with Crippen LogP contribution in [0.25, 0.3) is 22.3 Å². The molecule has 0 radical (unpaired) electrons. The molecule has 0 bridgehead atoms. The van der Waals surface area contributed by atoms with Gasteiger partial charge in [0.1, 0.15) is 0 Å². The first-order valence-electron chi connectivity index (χ1n) is 6.91. The molecule has 0 atom stereocenters. The Kier molecular flexibility index (Phi) is 3.69. The van der Waals surface area contributed by atoms with E-state index in [1.807, 2.05) is 30.3 Å². The van der Waals surface area contributed by atoms with Crippen molar-refractivity contribution < 1.29 is 0 Å². The fourth-order valence-electron chi connectivity index (χ4n) is 2.41. The SMILES string of the molecule is N#Cc1cc(C#N)cc(-c2ccc(-c3ccccc3)cc2)c1. The molecule has 0 unspecified atom stereocenters. The summed E-state index contributed by atoms with van der Waals surface area (Å²) in [4.78, 5) is 0. The molecule has 3 aromatic carbocycles. The highest BCUT2D eigenvalue weighted by molar-refractivity contribution is 5.72. The molecule has 0 aliphatic heterocycles. The zero-order valence-corrected chi connectivity index (χ0v) is 11.8. The Bertz CT molecular complexity index is 847. The summed E-state index contributed by atoms with van der Waals surface area (Å²) in [6.07, 6.45) is 0. The molecule has 3 aromatic rings. The summed E-state index contributed by atoms with van der Waals surface area (Å²) in [6.45, 7) is 0. The van der Waals surface area contributed by atoms with E-state index < -0.39 is 0 Å². The minimum absolute atomic E-state index is 0.501. The maximum Gasteiger partial charge on any atom is 0.0992 e. The first-order chi connectivity index (χ1) is 10.8. The summed E-state index contributed by atoms with van der Waals surface area (Å²) in [5.41, 5.74) is 5.18. The van der Waals surface area contributed by atoms with Crippen LogP contribution in [-0.2, 0) is 0 Å². The lowest BCUT2D eigenvalue weighted by molar-refractivity contribution is 1.44. The Morgan fingerprint density at radius 2 is 0.955 bits per heavy atom. The van der Waals surface area contributed by atoms with Gasteiger partial charge in [-0.05, 0) is 40.5 Å². The van der Waals surface area contributed by atoms with Gasteiger partial charge in [0.2, 0.25) is 0 Å². The van der Waals surface area contributed by atoms with Crippen molar-refractivity contribution in [1.82, 2.24) is 0 Å². The molecule has 3 rings (SSSR count). The van der Waals surface area contributed by atoms with E-state index in [0.29, 0.717) is 11.1 Å². The van der Waals surface area contributed by atoms with E-state index in [0.717, 1.165) is 22.3 Å². The molecular formula is C20H12N2. The molecule has 0 saturated heterocycles. The van der Waals surface area contributed by atoms with Crippen molar-refractivity contribution in [3.8, 4) is 34.4 Å². The Balaban J connectivity index is 2.01. The predicted molar refractivity (Wildman–Crippen MR) is 86.7 cm³/mol. The van der Waals surface area contributed by atoms with Crippen molar-refractivity contribution in [1.29, 1.82) is 10.5 Å². The van der Waals surface area contributed by atoms with Crippen LogP contribution >= 0.6 is 0 Å². The molecule has 0 aliphatic rings. The molecule has 102 valence electrons. The van der Waals surface area contributed by atoms with E-state index >= 15 is 0 Å². The number of rotatable bonds is 2. The van der Waals surface area contributed by atoms with Gasteiger partial charge in [-0.15, -0.1) is 0 Å². The third kappa shape index (κ3) is 2.73. The predicted octanol–water partition coefficient (Wildman–Crippen LogP) is 4.76. The average Bonchev–Trinajstić information content (AvgIpc) is 2.62. The molecule has 0 saturated carbocycles. The Labute approximate surface area is 129 Å². The van der Waals surface area contributed by atoms with Gasteiger partial charge in [-0.2, -0.15) is 10.5 Å². The Morgan fingerprint density at radius 3 is 1.45 bits per heavy atom. The van der Waals surface area contributed by atoms with Crippen LogP contribution in [0.4, 0.5) is 0 Å². The normalized spacial score (nSPS) is 9.73. The number of benzene rings is 3. The lowest BCUT2D eigenvalue weighted by atomic mass is 9.98. The maximum atomic E-state index is 9.06. The lowest BCUT2D eigenvalue weighted by Crippen LogP contribution is -1.85. The van der Waals surface area contributed by atoms with Crippen LogP contribution in [0.2, 0.25) is 0 Å². The van der Waals surface area contributed by atoms with Crippen LogP contribution in [0.3, 0.4) is 0 Å². The molecule has 0 heterocycles. The molecule has 2 heteroatoms. The van der Waals surface area contributed by atoms with Crippen LogP contribution in [0.5, 0.6) is 0 Å². The molecule has 0 fully saturated rings. The van der Waals surface area contributed by atoms with Gasteiger partial charge in [0, 0.05) is 0 Å². The second kappa shape index (κ2) is 5.95. The van der Waals surface area contributed by atoms with Crippen LogP contribution in [0.15, 0.2) is 72.8 Å². The molecule has 0 spiro atoms. The van der Waals surface area contributed by atoms with E-state index in [2.05, 4.69) is 36.4 Å². The van der Waals surface area contributed by atoms with Gasteiger partial charge in [0.25, 0.3) is 0 Å². The van der Waals surface area contributed by atoms with Crippen LogP contribution in [0.1, 0.15) is 11.1 Å². The fourth-order valence-corrected chi connectivity index (χ4v) is 2.41. The van der Waals surface area contributed by atoms with Crippen LogP contribution < -0.4 is 0 Å². The molecule has 0 aromatic heterocycles. The third-order valence-corrected chi connectivity index (χ3v) is 3.52. The van der Waals surface area contributed by atoms with E-state index in [1.165, 1.54) is 0 Å². The molecule has 0 aliphatic carbocycles. The number of nitrogens with zero attached hydrogens (tertiary/aromatic N) is 2. The van der Waals surface area contributed by atoms with Crippen molar-refractivity contribution in [3.05, 3.63) is 83.9 Å². The Hall–Kier alpha value is -3.36. The number of hydrogen-bond donors (Lipinski definition) is 0. The van der Waals surface area contributed by atoms with Gasteiger partial charge in [-0.3, -0.25) is 0 Å². The van der Waals surface area contributed by atoms with Gasteiger partial charge in [0.05, 0.1) is 23.3 Å². The van der Waals surface area contributed by atoms with Gasteiger partial charge in [0.15, 0.2) is 0 Å². The second-order valence-corrected chi connectivity index (χ2v) is 4.97. The van der Waals surface area contributed by atoms with Gasteiger partial charge in [-0.1, -0.05) is 54.6 Å². The smallest absolute Gasteiger partial charge is 0.0992 e. The van der Waals surface area contributed by atoms with Crippen molar-refractivity contribution in [2.75, 3.05) is 0 Å². The molecular weight excluding hydrogens is 268 g/mol. The molecule has 22 heavy (non-hydrogen) atoms. The van der Waals surface area contributed by atoms with Crippen molar-refractivity contribution in [2.24, 2.45) is 0 Å². The van der Waals surface area contributed by atoms with E-state index in [9.17, 15) is 0 Å². The number of hydrogen-bond acceptors (Lipinski definition) is 2. The van der Waals surface area contributed by atoms with Gasteiger partial charge >= 0.3 is 0 Å². The quantitative estimate of drug-likeness (QED) is 0.679. The summed E-state index contributed by atoms with van der Waals surface area (Å²) in [7, 11) is 0. The summed E-state index contributed by atoms with van der Waals surface area (Å²) in [5.74, 6) is 0. The minimum atomic E-state index is 0.501. The molecule has 0 N–H and O–H groups in total. The first-order valence-corrected chi connectivity index (χ1v) is 6.91. The fraction of sp³-hybridized carbons (Fsp3) is 0. The minimum Gasteiger partial charge on any atom is -0.192 e. The first kappa shape index (κ1) is 13.6. The second-order valence-electron chi connectivity index (χ2n) is 4.97. The van der Waals surface area contributed by atoms with Gasteiger partial charge in [-0.25, -0.2) is 0 Å². The largest absolute Gasteiger partial charge is 0.192 e. The van der Waals surface area contributed by atoms with E-state index in [1.54, 1.807) is 18.2 Å². The summed E-state index contributed by atoms with van der Waals surface area (Å²) >= 11 is 0. The number of nitriles is 2. The van der Waals surface area contributed by atoms with Crippen LogP contribution in [-0.4, -0.2) is 0 Å². The zero-order chi connectivity index (χ0) is 15.4.